The number of nitrogens with two attached hydrogens (primary N) is 1. The zero-order chi connectivity index (χ0) is 24.8. The van der Waals surface area contributed by atoms with Gasteiger partial charge in [0.1, 0.15) is 12.7 Å². The van der Waals surface area contributed by atoms with Gasteiger partial charge in [-0.25, -0.2) is 28.4 Å². The number of nitrogens with zero attached hydrogens (tertiary/aromatic N) is 10. The Labute approximate surface area is 199 Å². The standard InChI is InChI=1S/2C8H9ClN6O2/c1-10-7(16)5-6-12-13-15(3-2-9)8(17)14(6)4-11-5;9-2-1-3-15-8(17)14-4-11-5(6(10)16)7(14)12-13-15/h4H,2-3H2,1H3,(H,10,16);4H,1-3H2,(H2,10,16). The fraction of sp³-hybridized carbons (Fsp3) is 0.375. The SMILES string of the molecule is CNC(=O)c1ncn2c(=O)n(CCCl)nnc12.NC(=O)c1ncn2c(=O)n(CCCCl)nnc12. The van der Waals surface area contributed by atoms with E-state index in [2.05, 4.69) is 35.9 Å². The number of aromatic nitrogens is 10. The van der Waals surface area contributed by atoms with Crippen LogP contribution in [0.3, 0.4) is 0 Å². The molecule has 0 saturated heterocycles. The summed E-state index contributed by atoms with van der Waals surface area (Å²) in [6.45, 7) is 0.603. The number of fused-ring (bicyclic) bond motifs is 2. The van der Waals surface area contributed by atoms with E-state index in [0.29, 0.717) is 18.8 Å². The highest BCUT2D eigenvalue weighted by molar-refractivity contribution is 6.18. The zero-order valence-corrected chi connectivity index (χ0v) is 19.1. The maximum Gasteiger partial charge on any atom is 0.353 e. The summed E-state index contributed by atoms with van der Waals surface area (Å²) in [5, 5.41) is 17.3. The van der Waals surface area contributed by atoms with Gasteiger partial charge in [0.05, 0.1) is 6.54 Å². The van der Waals surface area contributed by atoms with Gasteiger partial charge in [-0.3, -0.25) is 9.59 Å². The third-order valence-corrected chi connectivity index (χ3v) is 4.74. The Bertz CT molecular complexity index is 1460. The minimum atomic E-state index is -0.750. The van der Waals surface area contributed by atoms with E-state index < -0.39 is 23.2 Å². The maximum atomic E-state index is 11.9. The second-order valence-electron chi connectivity index (χ2n) is 6.44. The molecule has 16 nitrogen and oxygen atoms in total. The fourth-order valence-corrected chi connectivity index (χ4v) is 2.98. The number of aryl methyl sites for hydroxylation is 2. The Kier molecular flexibility index (Phi) is 7.85. The summed E-state index contributed by atoms with van der Waals surface area (Å²) in [6.07, 6.45) is 3.03. The van der Waals surface area contributed by atoms with E-state index in [1.807, 2.05) is 0 Å². The van der Waals surface area contributed by atoms with Gasteiger partial charge >= 0.3 is 11.4 Å². The molecule has 2 amide bonds. The van der Waals surface area contributed by atoms with Crippen molar-refractivity contribution < 1.29 is 9.59 Å². The number of halogens is 2. The van der Waals surface area contributed by atoms with Gasteiger partial charge in [0, 0.05) is 25.4 Å². The third kappa shape index (κ3) is 4.86. The average Bonchev–Trinajstić information content (AvgIpc) is 3.46. The number of amides is 2. The number of alkyl halides is 2. The van der Waals surface area contributed by atoms with E-state index in [0.717, 1.165) is 18.2 Å². The molecule has 4 heterocycles. The van der Waals surface area contributed by atoms with Gasteiger partial charge < -0.3 is 11.1 Å². The number of rotatable bonds is 7. The summed E-state index contributed by atoms with van der Waals surface area (Å²) in [5.74, 6) is -0.504. The van der Waals surface area contributed by atoms with Gasteiger partial charge in [0.15, 0.2) is 22.7 Å². The van der Waals surface area contributed by atoms with Crippen LogP contribution in [0.4, 0.5) is 0 Å². The number of carbonyl (C=O) groups excluding carboxylic acids is 2. The summed E-state index contributed by atoms with van der Waals surface area (Å²) >= 11 is 11.0. The molecule has 0 radical (unpaired) electrons. The Morgan fingerprint density at radius 2 is 1.44 bits per heavy atom. The van der Waals surface area contributed by atoms with Crippen molar-refractivity contribution in [3.05, 3.63) is 45.0 Å². The quantitative estimate of drug-likeness (QED) is 0.258. The summed E-state index contributed by atoms with van der Waals surface area (Å²) in [7, 11) is 1.47. The lowest BCUT2D eigenvalue weighted by Crippen LogP contribution is -2.30. The van der Waals surface area contributed by atoms with Crippen molar-refractivity contribution >= 4 is 46.3 Å². The predicted molar refractivity (Wildman–Crippen MR) is 118 cm³/mol. The molecule has 4 rings (SSSR count). The molecule has 0 unspecified atom stereocenters. The van der Waals surface area contributed by atoms with E-state index in [1.165, 1.54) is 19.7 Å². The molecule has 0 spiro atoms. The van der Waals surface area contributed by atoms with Gasteiger partial charge in [0.2, 0.25) is 0 Å². The molecule has 0 aliphatic heterocycles. The molecule has 4 aromatic heterocycles. The molecule has 3 N–H and O–H groups in total. The highest BCUT2D eigenvalue weighted by atomic mass is 35.5. The smallest absolute Gasteiger partial charge is 0.353 e. The van der Waals surface area contributed by atoms with Crippen LogP contribution in [0.1, 0.15) is 27.4 Å². The highest BCUT2D eigenvalue weighted by Crippen LogP contribution is 2.02. The van der Waals surface area contributed by atoms with Gasteiger partial charge in [0.25, 0.3) is 11.8 Å². The van der Waals surface area contributed by atoms with Crippen LogP contribution in [-0.2, 0) is 13.1 Å². The van der Waals surface area contributed by atoms with Crippen LogP contribution in [0.2, 0.25) is 0 Å². The number of primary amides is 1. The average molecular weight is 513 g/mol. The molecule has 0 bridgehead atoms. The van der Waals surface area contributed by atoms with Crippen molar-refractivity contribution in [2.45, 2.75) is 19.5 Å². The summed E-state index contributed by atoms with van der Waals surface area (Å²) in [5.41, 5.74) is 4.40. The minimum absolute atomic E-state index is 0.0598. The Balaban J connectivity index is 0.000000191. The second-order valence-corrected chi connectivity index (χ2v) is 7.19. The maximum absolute atomic E-state index is 11.9. The van der Waals surface area contributed by atoms with Crippen LogP contribution in [0.25, 0.3) is 11.3 Å². The molecule has 0 fully saturated rings. The van der Waals surface area contributed by atoms with Crippen LogP contribution in [0.5, 0.6) is 0 Å². The lowest BCUT2D eigenvalue weighted by molar-refractivity contribution is 0.0958. The summed E-state index contributed by atoms with van der Waals surface area (Å²) in [6, 6.07) is 0. The normalized spacial score (nSPS) is 10.8. The van der Waals surface area contributed by atoms with Crippen molar-refractivity contribution in [1.29, 1.82) is 0 Å². The topological polar surface area (TPSA) is 202 Å². The largest absolute Gasteiger partial charge is 0.364 e. The first-order chi connectivity index (χ1) is 16.3. The second kappa shape index (κ2) is 10.8. The minimum Gasteiger partial charge on any atom is -0.364 e. The molecule has 0 atom stereocenters. The third-order valence-electron chi connectivity index (χ3n) is 4.31. The van der Waals surface area contributed by atoms with Gasteiger partial charge in [-0.05, 0) is 6.42 Å². The van der Waals surface area contributed by atoms with Crippen LogP contribution < -0.4 is 22.4 Å². The molecule has 0 aromatic carbocycles. The lowest BCUT2D eigenvalue weighted by atomic mass is 10.4. The monoisotopic (exact) mass is 512 g/mol. The van der Waals surface area contributed by atoms with Crippen molar-refractivity contribution in [2.75, 3.05) is 18.8 Å². The molecule has 0 aliphatic rings. The molecule has 180 valence electrons. The van der Waals surface area contributed by atoms with Crippen LogP contribution in [0, 0.1) is 0 Å². The van der Waals surface area contributed by atoms with E-state index in [4.69, 9.17) is 28.9 Å². The number of hydrogen-bond acceptors (Lipinski definition) is 10. The Hall–Kier alpha value is -3.92. The lowest BCUT2D eigenvalue weighted by Gasteiger charge is -2.01. The van der Waals surface area contributed by atoms with Crippen LogP contribution in [0.15, 0.2) is 22.2 Å². The Morgan fingerprint density at radius 1 is 0.912 bits per heavy atom. The van der Waals surface area contributed by atoms with Crippen LogP contribution >= 0.6 is 23.2 Å². The summed E-state index contributed by atoms with van der Waals surface area (Å²) in [4.78, 5) is 53.7. The zero-order valence-electron chi connectivity index (χ0n) is 17.6. The Morgan fingerprint density at radius 3 is 1.94 bits per heavy atom. The first kappa shape index (κ1) is 24.7. The number of nitrogens with one attached hydrogen (secondary N) is 1. The fourth-order valence-electron chi connectivity index (χ4n) is 2.70. The molecular weight excluding hydrogens is 495 g/mol. The molecule has 34 heavy (non-hydrogen) atoms. The number of imidazole rings is 2. The van der Waals surface area contributed by atoms with E-state index >= 15 is 0 Å². The summed E-state index contributed by atoms with van der Waals surface area (Å²) < 4.78 is 4.54. The van der Waals surface area contributed by atoms with Gasteiger partial charge in [-0.2, -0.15) is 9.36 Å². The molecule has 0 saturated carbocycles. The van der Waals surface area contributed by atoms with E-state index in [1.54, 1.807) is 0 Å². The molecule has 0 aliphatic carbocycles. The molecule has 18 heteroatoms. The predicted octanol–water partition coefficient (Wildman–Crippen LogP) is -2.10. The van der Waals surface area contributed by atoms with Crippen LogP contribution in [-0.4, -0.2) is 79.4 Å². The highest BCUT2D eigenvalue weighted by Gasteiger charge is 2.16. The van der Waals surface area contributed by atoms with E-state index in [9.17, 15) is 19.2 Å². The molecule has 4 aromatic rings. The number of carbonyl (C=O) groups is 2. The van der Waals surface area contributed by atoms with Crippen molar-refractivity contribution in [2.24, 2.45) is 5.73 Å². The van der Waals surface area contributed by atoms with Crippen molar-refractivity contribution in [1.82, 2.24) is 54.1 Å². The first-order valence-corrected chi connectivity index (χ1v) is 10.7. The van der Waals surface area contributed by atoms with Crippen molar-refractivity contribution in [3.63, 3.8) is 0 Å². The molecular formula is C16H18Cl2N12O4. The van der Waals surface area contributed by atoms with Gasteiger partial charge in [-0.15, -0.1) is 33.4 Å². The first-order valence-electron chi connectivity index (χ1n) is 9.59. The van der Waals surface area contributed by atoms with E-state index in [-0.39, 0.29) is 35.1 Å². The van der Waals surface area contributed by atoms with Gasteiger partial charge in [-0.1, -0.05) is 10.4 Å². The van der Waals surface area contributed by atoms with Crippen molar-refractivity contribution in [3.8, 4) is 0 Å². The number of hydrogen-bond donors (Lipinski definition) is 2.